The summed E-state index contributed by atoms with van der Waals surface area (Å²) >= 11 is 3.50. The monoisotopic (exact) mass is 340 g/mol. The predicted octanol–water partition coefficient (Wildman–Crippen LogP) is 2.52. The fourth-order valence-electron chi connectivity index (χ4n) is 3.33. The van der Waals surface area contributed by atoms with Crippen molar-refractivity contribution in [1.29, 1.82) is 0 Å². The number of aromatic nitrogens is 1. The number of hydrogen-bond acceptors (Lipinski definition) is 4. The van der Waals surface area contributed by atoms with Crippen molar-refractivity contribution < 1.29 is 9.84 Å². The molecule has 2 aliphatic heterocycles. The van der Waals surface area contributed by atoms with E-state index < -0.39 is 0 Å². The van der Waals surface area contributed by atoms with E-state index in [1.54, 1.807) is 0 Å². The van der Waals surface area contributed by atoms with Crippen molar-refractivity contribution in [3.63, 3.8) is 0 Å². The second-order valence-corrected chi connectivity index (χ2v) is 6.59. The van der Waals surface area contributed by atoms with Gasteiger partial charge in [0.25, 0.3) is 0 Å². The first-order valence-corrected chi connectivity index (χ1v) is 8.11. The fourth-order valence-corrected chi connectivity index (χ4v) is 3.55. The Labute approximate surface area is 128 Å². The topological polar surface area (TPSA) is 45.6 Å². The molecule has 0 amide bonds. The van der Waals surface area contributed by atoms with Crippen molar-refractivity contribution in [2.75, 3.05) is 24.7 Å². The van der Waals surface area contributed by atoms with Gasteiger partial charge in [0.1, 0.15) is 5.82 Å². The molecule has 0 saturated carbocycles. The minimum atomic E-state index is -0.245. The quantitative estimate of drug-likeness (QED) is 0.898. The number of aliphatic hydroxyl groups is 1. The smallest absolute Gasteiger partial charge is 0.129 e. The van der Waals surface area contributed by atoms with E-state index >= 15 is 0 Å². The van der Waals surface area contributed by atoms with Crippen molar-refractivity contribution in [3.8, 4) is 0 Å². The average molecular weight is 341 g/mol. The summed E-state index contributed by atoms with van der Waals surface area (Å²) in [6.07, 6.45) is 2.78. The van der Waals surface area contributed by atoms with Gasteiger partial charge in [0, 0.05) is 29.6 Å². The van der Waals surface area contributed by atoms with Gasteiger partial charge in [-0.3, -0.25) is 0 Å². The maximum absolute atomic E-state index is 10.3. The summed E-state index contributed by atoms with van der Waals surface area (Å²) in [7, 11) is 0. The van der Waals surface area contributed by atoms with Crippen molar-refractivity contribution in [2.45, 2.75) is 38.3 Å². The molecule has 110 valence electrons. The van der Waals surface area contributed by atoms with E-state index in [0.29, 0.717) is 19.3 Å². The highest BCUT2D eigenvalue weighted by atomic mass is 79.9. The van der Waals surface area contributed by atoms with Crippen LogP contribution in [0, 0.1) is 12.8 Å². The van der Waals surface area contributed by atoms with E-state index in [0.717, 1.165) is 41.8 Å². The third-order valence-corrected chi connectivity index (χ3v) is 5.29. The highest BCUT2D eigenvalue weighted by molar-refractivity contribution is 9.10. The molecule has 4 nitrogen and oxygen atoms in total. The highest BCUT2D eigenvalue weighted by Gasteiger charge is 2.38. The Kier molecular flexibility index (Phi) is 4.29. The van der Waals surface area contributed by atoms with E-state index in [2.05, 4.69) is 37.9 Å². The number of halogens is 1. The summed E-state index contributed by atoms with van der Waals surface area (Å²) in [5.41, 5.74) is 1.01. The molecule has 5 heteroatoms. The fraction of sp³-hybridized carbons (Fsp3) is 0.667. The lowest BCUT2D eigenvalue weighted by atomic mass is 9.89. The van der Waals surface area contributed by atoms with Crippen LogP contribution in [0.15, 0.2) is 16.6 Å². The van der Waals surface area contributed by atoms with Gasteiger partial charge in [-0.05, 0) is 54.2 Å². The summed E-state index contributed by atoms with van der Waals surface area (Å²) in [5, 5.41) is 10.3. The zero-order valence-corrected chi connectivity index (χ0v) is 13.3. The Morgan fingerprint density at radius 2 is 2.25 bits per heavy atom. The van der Waals surface area contributed by atoms with E-state index in [1.807, 2.05) is 6.92 Å². The van der Waals surface area contributed by atoms with Crippen LogP contribution in [-0.4, -0.2) is 42.0 Å². The molecule has 0 unspecified atom stereocenters. The number of anilines is 1. The highest BCUT2D eigenvalue weighted by Crippen LogP contribution is 2.33. The Morgan fingerprint density at radius 1 is 1.40 bits per heavy atom. The van der Waals surface area contributed by atoms with Crippen LogP contribution in [0.5, 0.6) is 0 Å². The maximum atomic E-state index is 10.3. The van der Waals surface area contributed by atoms with Crippen LogP contribution >= 0.6 is 15.9 Å². The van der Waals surface area contributed by atoms with Gasteiger partial charge in [-0.15, -0.1) is 0 Å². The standard InChI is InChI=1S/C15H21BrN2O2/c1-10-12(16)4-5-15(17-10)18-7-2-3-13(18)11-9-20-8-6-14(11)19/h4-5,11,13-14,19H,2-3,6-9H2,1H3/t11-,13+,14-/m0/s1. The van der Waals surface area contributed by atoms with Gasteiger partial charge in [-0.25, -0.2) is 4.98 Å². The van der Waals surface area contributed by atoms with Gasteiger partial charge in [-0.2, -0.15) is 0 Å². The zero-order chi connectivity index (χ0) is 14.1. The zero-order valence-electron chi connectivity index (χ0n) is 11.8. The van der Waals surface area contributed by atoms with Crippen molar-refractivity contribution in [3.05, 3.63) is 22.3 Å². The van der Waals surface area contributed by atoms with Gasteiger partial charge in [-0.1, -0.05) is 0 Å². The van der Waals surface area contributed by atoms with Crippen LogP contribution < -0.4 is 4.90 Å². The second kappa shape index (κ2) is 6.00. The Bertz CT molecular complexity index is 483. The molecule has 3 heterocycles. The lowest BCUT2D eigenvalue weighted by molar-refractivity contribution is -0.0438. The second-order valence-electron chi connectivity index (χ2n) is 5.73. The first-order chi connectivity index (χ1) is 9.66. The number of nitrogens with zero attached hydrogens (tertiary/aromatic N) is 2. The molecular weight excluding hydrogens is 320 g/mol. The molecule has 0 bridgehead atoms. The lowest BCUT2D eigenvalue weighted by Crippen LogP contribution is -2.46. The summed E-state index contributed by atoms with van der Waals surface area (Å²) in [6.45, 7) is 4.37. The Balaban J connectivity index is 1.82. The summed E-state index contributed by atoms with van der Waals surface area (Å²) < 4.78 is 6.62. The SMILES string of the molecule is Cc1nc(N2CCC[C@@H]2[C@@H]2COCC[C@@H]2O)ccc1Br. The molecule has 2 fully saturated rings. The number of rotatable bonds is 2. The van der Waals surface area contributed by atoms with Crippen molar-refractivity contribution in [1.82, 2.24) is 4.98 Å². The van der Waals surface area contributed by atoms with E-state index in [9.17, 15) is 5.11 Å². The van der Waals surface area contributed by atoms with Crippen LogP contribution in [0.2, 0.25) is 0 Å². The van der Waals surface area contributed by atoms with Crippen LogP contribution in [0.25, 0.3) is 0 Å². The molecule has 2 aliphatic rings. The molecule has 20 heavy (non-hydrogen) atoms. The van der Waals surface area contributed by atoms with Gasteiger partial charge in [0.15, 0.2) is 0 Å². The molecule has 1 N–H and O–H groups in total. The van der Waals surface area contributed by atoms with E-state index in [4.69, 9.17) is 4.74 Å². The minimum absolute atomic E-state index is 0.206. The predicted molar refractivity (Wildman–Crippen MR) is 82.0 cm³/mol. The number of aliphatic hydroxyl groups excluding tert-OH is 1. The molecule has 2 saturated heterocycles. The molecule has 0 aromatic carbocycles. The van der Waals surface area contributed by atoms with E-state index in [1.165, 1.54) is 0 Å². The number of ether oxygens (including phenoxy) is 1. The van der Waals surface area contributed by atoms with Crippen LogP contribution in [-0.2, 0) is 4.74 Å². The normalized spacial score (nSPS) is 30.8. The van der Waals surface area contributed by atoms with Gasteiger partial charge < -0.3 is 14.7 Å². The molecule has 3 rings (SSSR count). The largest absolute Gasteiger partial charge is 0.393 e. The van der Waals surface area contributed by atoms with Gasteiger partial charge in [0.2, 0.25) is 0 Å². The lowest BCUT2D eigenvalue weighted by Gasteiger charge is -2.37. The first kappa shape index (κ1) is 14.3. The maximum Gasteiger partial charge on any atom is 0.129 e. The van der Waals surface area contributed by atoms with Crippen LogP contribution in [0.1, 0.15) is 25.0 Å². The number of aryl methyl sites for hydroxylation is 1. The molecule has 0 aliphatic carbocycles. The summed E-state index contributed by atoms with van der Waals surface area (Å²) in [5.74, 6) is 1.22. The van der Waals surface area contributed by atoms with Gasteiger partial charge in [0.05, 0.1) is 18.4 Å². The molecule has 1 aromatic rings. The third-order valence-electron chi connectivity index (χ3n) is 4.46. The Morgan fingerprint density at radius 3 is 3.00 bits per heavy atom. The molecular formula is C15H21BrN2O2. The number of hydrogen-bond donors (Lipinski definition) is 1. The summed E-state index contributed by atoms with van der Waals surface area (Å²) in [4.78, 5) is 7.03. The molecule has 0 radical (unpaired) electrons. The van der Waals surface area contributed by atoms with Crippen LogP contribution in [0.4, 0.5) is 5.82 Å². The van der Waals surface area contributed by atoms with Crippen molar-refractivity contribution in [2.24, 2.45) is 5.92 Å². The Hall–Kier alpha value is -0.650. The first-order valence-electron chi connectivity index (χ1n) is 7.32. The average Bonchev–Trinajstić information content (AvgIpc) is 2.91. The van der Waals surface area contributed by atoms with Crippen molar-refractivity contribution >= 4 is 21.7 Å². The van der Waals surface area contributed by atoms with E-state index in [-0.39, 0.29) is 12.0 Å². The molecule has 0 spiro atoms. The minimum Gasteiger partial charge on any atom is -0.393 e. The molecule has 1 aromatic heterocycles. The molecule has 3 atom stereocenters. The van der Waals surface area contributed by atoms with Crippen LogP contribution in [0.3, 0.4) is 0 Å². The number of pyridine rings is 1. The third kappa shape index (κ3) is 2.71. The van der Waals surface area contributed by atoms with Gasteiger partial charge >= 0.3 is 0 Å². The summed E-state index contributed by atoms with van der Waals surface area (Å²) in [6, 6.07) is 4.46.